The van der Waals surface area contributed by atoms with Crippen molar-refractivity contribution >= 4 is 22.5 Å². The lowest BCUT2D eigenvalue weighted by atomic mass is 10.0. The summed E-state index contributed by atoms with van der Waals surface area (Å²) >= 11 is 0. The normalized spacial score (nSPS) is 11.1. The highest BCUT2D eigenvalue weighted by Crippen LogP contribution is 2.20. The second-order valence-electron chi connectivity index (χ2n) is 6.03. The van der Waals surface area contributed by atoms with Crippen molar-refractivity contribution in [3.63, 3.8) is 0 Å². The third-order valence-corrected chi connectivity index (χ3v) is 4.26. The van der Waals surface area contributed by atoms with Gasteiger partial charge < -0.3 is 4.90 Å². The van der Waals surface area contributed by atoms with Gasteiger partial charge in [0.05, 0.1) is 0 Å². The minimum absolute atomic E-state index is 0.157. The van der Waals surface area contributed by atoms with Gasteiger partial charge in [-0.2, -0.15) is 4.98 Å². The Hall–Kier alpha value is -3.28. The first-order chi connectivity index (χ1) is 12.1. The summed E-state index contributed by atoms with van der Waals surface area (Å²) in [6.45, 7) is 2.39. The monoisotopic (exact) mass is 331 g/mol. The van der Waals surface area contributed by atoms with Crippen LogP contribution >= 0.6 is 0 Å². The Balaban J connectivity index is 1.64. The maximum Gasteiger partial charge on any atom is 0.293 e. The summed E-state index contributed by atoms with van der Waals surface area (Å²) in [7, 11) is 1.76. The van der Waals surface area contributed by atoms with Gasteiger partial charge in [-0.25, -0.2) is 9.50 Å². The standard InChI is InChI=1S/C19H17N5O/c1-13-10-11-20-19-21-17(22-24(13)19)18(25)23(2)12-15-8-5-7-14-6-3-4-9-16(14)15/h3-11H,12H2,1-2H3. The third-order valence-electron chi connectivity index (χ3n) is 4.26. The van der Waals surface area contributed by atoms with Gasteiger partial charge >= 0.3 is 0 Å². The molecule has 0 aliphatic carbocycles. The number of carbonyl (C=O) groups is 1. The molecule has 0 spiro atoms. The van der Waals surface area contributed by atoms with Crippen molar-refractivity contribution in [1.82, 2.24) is 24.5 Å². The summed E-state index contributed by atoms with van der Waals surface area (Å²) in [5, 5.41) is 6.59. The highest BCUT2D eigenvalue weighted by molar-refractivity contribution is 5.91. The number of rotatable bonds is 3. The molecule has 0 N–H and O–H groups in total. The third kappa shape index (κ3) is 2.71. The fraction of sp³-hybridized carbons (Fsp3) is 0.158. The molecule has 0 radical (unpaired) electrons. The molecule has 2 heterocycles. The Morgan fingerprint density at radius 2 is 1.92 bits per heavy atom. The molecule has 25 heavy (non-hydrogen) atoms. The van der Waals surface area contributed by atoms with Crippen LogP contribution in [-0.2, 0) is 6.54 Å². The van der Waals surface area contributed by atoms with Gasteiger partial charge in [0.25, 0.3) is 11.7 Å². The molecule has 2 aromatic carbocycles. The van der Waals surface area contributed by atoms with Crippen molar-refractivity contribution in [3.8, 4) is 0 Å². The molecule has 0 fully saturated rings. The van der Waals surface area contributed by atoms with E-state index in [0.717, 1.165) is 22.0 Å². The fourth-order valence-electron chi connectivity index (χ4n) is 2.93. The predicted molar refractivity (Wildman–Crippen MR) is 95.3 cm³/mol. The molecule has 124 valence electrons. The van der Waals surface area contributed by atoms with Gasteiger partial charge in [-0.3, -0.25) is 4.79 Å². The maximum atomic E-state index is 12.7. The number of benzene rings is 2. The number of amides is 1. The van der Waals surface area contributed by atoms with Crippen LogP contribution in [0.25, 0.3) is 16.6 Å². The molecule has 0 saturated carbocycles. The first-order valence-corrected chi connectivity index (χ1v) is 8.04. The Labute approximate surface area is 144 Å². The lowest BCUT2D eigenvalue weighted by Crippen LogP contribution is -2.27. The number of aryl methyl sites for hydroxylation is 1. The second-order valence-corrected chi connectivity index (χ2v) is 6.03. The topological polar surface area (TPSA) is 63.4 Å². The Morgan fingerprint density at radius 3 is 2.76 bits per heavy atom. The van der Waals surface area contributed by atoms with E-state index in [1.54, 1.807) is 22.7 Å². The number of hydrogen-bond donors (Lipinski definition) is 0. The molecule has 6 heteroatoms. The zero-order valence-corrected chi connectivity index (χ0v) is 14.0. The molecule has 0 bridgehead atoms. The molecular weight excluding hydrogens is 314 g/mol. The highest BCUT2D eigenvalue weighted by atomic mass is 16.2. The molecule has 0 aliphatic heterocycles. The molecular formula is C19H17N5O. The summed E-state index contributed by atoms with van der Waals surface area (Å²) in [4.78, 5) is 22.8. The molecule has 0 saturated heterocycles. The molecule has 2 aromatic heterocycles. The molecule has 1 amide bonds. The smallest absolute Gasteiger partial charge is 0.293 e. The van der Waals surface area contributed by atoms with E-state index in [1.807, 2.05) is 37.3 Å². The average Bonchev–Trinajstić information content (AvgIpc) is 3.07. The van der Waals surface area contributed by atoms with E-state index in [1.165, 1.54) is 0 Å². The first-order valence-electron chi connectivity index (χ1n) is 8.04. The van der Waals surface area contributed by atoms with Crippen molar-refractivity contribution < 1.29 is 4.79 Å². The average molecular weight is 331 g/mol. The first kappa shape index (κ1) is 15.3. The van der Waals surface area contributed by atoms with Crippen LogP contribution in [-0.4, -0.2) is 37.4 Å². The zero-order chi connectivity index (χ0) is 17.4. The summed E-state index contributed by atoms with van der Waals surface area (Å²) in [5.74, 6) is 0.365. The number of aromatic nitrogens is 4. The van der Waals surface area contributed by atoms with E-state index in [-0.39, 0.29) is 11.7 Å². The molecule has 0 aliphatic rings. The van der Waals surface area contributed by atoms with Gasteiger partial charge in [0.2, 0.25) is 5.82 Å². The van der Waals surface area contributed by atoms with Crippen molar-refractivity contribution in [1.29, 1.82) is 0 Å². The Bertz CT molecular complexity index is 1080. The van der Waals surface area contributed by atoms with Crippen molar-refractivity contribution in [2.75, 3.05) is 7.05 Å². The lowest BCUT2D eigenvalue weighted by molar-refractivity contribution is 0.0774. The van der Waals surface area contributed by atoms with E-state index in [0.29, 0.717) is 12.3 Å². The van der Waals surface area contributed by atoms with E-state index < -0.39 is 0 Å². The molecule has 6 nitrogen and oxygen atoms in total. The number of carbonyl (C=O) groups excluding carboxylic acids is 1. The second kappa shape index (κ2) is 5.98. The minimum atomic E-state index is -0.224. The van der Waals surface area contributed by atoms with Gasteiger partial charge in [0.15, 0.2) is 0 Å². The van der Waals surface area contributed by atoms with E-state index in [2.05, 4.69) is 33.3 Å². The summed E-state index contributed by atoms with van der Waals surface area (Å²) < 4.78 is 1.58. The fourth-order valence-corrected chi connectivity index (χ4v) is 2.93. The van der Waals surface area contributed by atoms with Gasteiger partial charge in [0, 0.05) is 25.5 Å². The minimum Gasteiger partial charge on any atom is -0.335 e. The largest absolute Gasteiger partial charge is 0.335 e. The van der Waals surface area contributed by atoms with Crippen LogP contribution in [0.3, 0.4) is 0 Å². The van der Waals surface area contributed by atoms with Crippen molar-refractivity contribution in [2.45, 2.75) is 13.5 Å². The molecule has 0 atom stereocenters. The highest BCUT2D eigenvalue weighted by Gasteiger charge is 2.19. The summed E-state index contributed by atoms with van der Waals surface area (Å²) in [6, 6.07) is 16.1. The van der Waals surface area contributed by atoms with Crippen LogP contribution in [0, 0.1) is 6.92 Å². The molecule has 0 unspecified atom stereocenters. The lowest BCUT2D eigenvalue weighted by Gasteiger charge is -2.16. The predicted octanol–water partition coefficient (Wildman–Crippen LogP) is 2.86. The van der Waals surface area contributed by atoms with E-state index >= 15 is 0 Å². The van der Waals surface area contributed by atoms with Gasteiger partial charge in [0.1, 0.15) is 0 Å². The van der Waals surface area contributed by atoms with Crippen LogP contribution in [0.5, 0.6) is 0 Å². The number of fused-ring (bicyclic) bond motifs is 2. The van der Waals surface area contributed by atoms with Gasteiger partial charge in [-0.1, -0.05) is 42.5 Å². The van der Waals surface area contributed by atoms with E-state index in [4.69, 9.17) is 0 Å². The summed E-state index contributed by atoms with van der Waals surface area (Å²) in [5.41, 5.74) is 1.97. The van der Waals surface area contributed by atoms with Crippen LogP contribution in [0.2, 0.25) is 0 Å². The maximum absolute atomic E-state index is 12.7. The summed E-state index contributed by atoms with van der Waals surface area (Å²) in [6.07, 6.45) is 1.66. The Kier molecular flexibility index (Phi) is 3.65. The van der Waals surface area contributed by atoms with Gasteiger partial charge in [-0.05, 0) is 29.3 Å². The van der Waals surface area contributed by atoms with Crippen LogP contribution < -0.4 is 0 Å². The van der Waals surface area contributed by atoms with Crippen molar-refractivity contribution in [2.24, 2.45) is 0 Å². The van der Waals surface area contributed by atoms with Crippen LogP contribution in [0.4, 0.5) is 0 Å². The molecule has 4 aromatic rings. The Morgan fingerprint density at radius 1 is 1.12 bits per heavy atom. The molecule has 4 rings (SSSR count). The van der Waals surface area contributed by atoms with E-state index in [9.17, 15) is 4.79 Å². The number of nitrogens with zero attached hydrogens (tertiary/aromatic N) is 5. The van der Waals surface area contributed by atoms with Crippen molar-refractivity contribution in [3.05, 3.63) is 71.8 Å². The number of hydrogen-bond acceptors (Lipinski definition) is 4. The van der Waals surface area contributed by atoms with Gasteiger partial charge in [-0.15, -0.1) is 5.10 Å². The quantitative estimate of drug-likeness (QED) is 0.579. The zero-order valence-electron chi connectivity index (χ0n) is 14.0. The van der Waals surface area contributed by atoms with Crippen LogP contribution in [0.15, 0.2) is 54.7 Å². The SMILES string of the molecule is Cc1ccnc2nc(C(=O)N(C)Cc3cccc4ccccc34)nn12. The van der Waals surface area contributed by atoms with Crippen LogP contribution in [0.1, 0.15) is 21.9 Å².